The summed E-state index contributed by atoms with van der Waals surface area (Å²) in [7, 11) is 0. The molecule has 0 aromatic carbocycles. The fraction of sp³-hybridized carbons (Fsp3) is 0.900. The van der Waals surface area contributed by atoms with Gasteiger partial charge in [0.15, 0.2) is 0 Å². The molecule has 0 aromatic rings. The van der Waals surface area contributed by atoms with Crippen molar-refractivity contribution in [2.45, 2.75) is 232 Å². The number of ether oxygens (including phenoxy) is 4. The molecule has 0 saturated carbocycles. The Balaban J connectivity index is 6.42. The molecule has 0 bridgehead atoms. The highest BCUT2D eigenvalue weighted by Crippen LogP contribution is 2.42. The second kappa shape index (κ2) is 27.0. The third kappa shape index (κ3) is 19.4. The summed E-state index contributed by atoms with van der Waals surface area (Å²) < 4.78 is 19.4. The van der Waals surface area contributed by atoms with Gasteiger partial charge in [0.2, 0.25) is 9.49 Å². The Bertz CT molecular complexity index is 786. The number of unbranched alkanes of at least 4 members (excludes halogenated alkanes) is 12. The van der Waals surface area contributed by atoms with E-state index in [9.17, 15) is 19.2 Å². The highest BCUT2D eigenvalue weighted by atomic mass is 32.2. The van der Waals surface area contributed by atoms with Gasteiger partial charge in [0.05, 0.1) is 24.4 Å². The van der Waals surface area contributed by atoms with E-state index in [0.717, 1.165) is 103 Å². The molecular formula is C40H74O8S. The van der Waals surface area contributed by atoms with Crippen molar-refractivity contribution in [3.63, 3.8) is 0 Å². The summed E-state index contributed by atoms with van der Waals surface area (Å²) in [5, 5.41) is 0. The summed E-state index contributed by atoms with van der Waals surface area (Å²) in [6, 6.07) is 0. The van der Waals surface area contributed by atoms with E-state index in [1.54, 1.807) is 27.7 Å². The van der Waals surface area contributed by atoms with Crippen LogP contribution in [0.3, 0.4) is 0 Å². The molecular weight excluding hydrogens is 640 g/mol. The van der Waals surface area contributed by atoms with Crippen LogP contribution in [0.2, 0.25) is 0 Å². The maximum Gasteiger partial charge on any atom is 0.333 e. The average molecular weight is 715 g/mol. The monoisotopic (exact) mass is 715 g/mol. The number of hydrogen-bond donors (Lipinski definition) is 0. The van der Waals surface area contributed by atoms with E-state index < -0.39 is 57.8 Å². The molecule has 8 nitrogen and oxygen atoms in total. The van der Waals surface area contributed by atoms with Gasteiger partial charge >= 0.3 is 23.9 Å². The second-order valence-corrected chi connectivity index (χ2v) is 16.3. The Kier molecular flexibility index (Phi) is 26.0. The predicted molar refractivity (Wildman–Crippen MR) is 202 cm³/mol. The molecule has 0 rings (SSSR count). The van der Waals surface area contributed by atoms with Crippen molar-refractivity contribution in [3.05, 3.63) is 0 Å². The van der Waals surface area contributed by atoms with Crippen molar-refractivity contribution >= 4 is 35.6 Å². The lowest BCUT2D eigenvalue weighted by Gasteiger charge is -2.35. The molecule has 4 unspecified atom stereocenters. The van der Waals surface area contributed by atoms with Crippen molar-refractivity contribution in [2.75, 3.05) is 0 Å². The first-order valence-electron chi connectivity index (χ1n) is 19.8. The van der Waals surface area contributed by atoms with Crippen LogP contribution in [0, 0.1) is 0 Å². The van der Waals surface area contributed by atoms with Crippen molar-refractivity contribution in [1.29, 1.82) is 0 Å². The molecule has 0 N–H and O–H groups in total. The van der Waals surface area contributed by atoms with Gasteiger partial charge in [-0.15, -0.1) is 11.8 Å². The van der Waals surface area contributed by atoms with Crippen molar-refractivity contribution < 1.29 is 38.1 Å². The minimum Gasteiger partial charge on any atom is -0.461 e. The predicted octanol–water partition coefficient (Wildman–Crippen LogP) is 10.8. The second-order valence-electron chi connectivity index (χ2n) is 14.4. The molecule has 4 atom stereocenters. The quantitative estimate of drug-likeness (QED) is 0.0311. The van der Waals surface area contributed by atoms with Gasteiger partial charge in [-0.25, -0.2) is 19.2 Å². The molecule has 0 radical (unpaired) electrons. The number of thioether (sulfide) groups is 1. The molecule has 9 heteroatoms. The fourth-order valence-electron chi connectivity index (χ4n) is 5.59. The van der Waals surface area contributed by atoms with Gasteiger partial charge in [0.25, 0.3) is 0 Å². The Labute approximate surface area is 304 Å². The number of carbonyl (C=O) groups is 4. The van der Waals surface area contributed by atoms with Gasteiger partial charge in [-0.1, -0.05) is 105 Å². The fourth-order valence-corrected chi connectivity index (χ4v) is 6.93. The summed E-state index contributed by atoms with van der Waals surface area (Å²) >= 11 is 0.625. The first-order valence-corrected chi connectivity index (χ1v) is 20.6. The first-order chi connectivity index (χ1) is 23.2. The first kappa shape index (κ1) is 47.2. The summed E-state index contributed by atoms with van der Waals surface area (Å²) in [6.07, 6.45) is 17.1. The van der Waals surface area contributed by atoms with Crippen LogP contribution in [0.1, 0.15) is 198 Å². The minimum absolute atomic E-state index is 0.458. The van der Waals surface area contributed by atoms with Crippen LogP contribution >= 0.6 is 11.8 Å². The van der Waals surface area contributed by atoms with Crippen molar-refractivity contribution in [3.8, 4) is 0 Å². The molecule has 0 aromatic heterocycles. The number of carbonyl (C=O) groups excluding carboxylic acids is 4. The third-order valence-electron chi connectivity index (χ3n) is 9.06. The van der Waals surface area contributed by atoms with Gasteiger partial charge in [-0.2, -0.15) is 0 Å². The lowest BCUT2D eigenvalue weighted by Crippen LogP contribution is -2.54. The SMILES string of the molecule is CCCCCCC(C)OC(=O)C(C)(SC(C)(C(=O)OC(C)CCCCCC)C(=O)OC(C)CCCCCC)C(=O)OC(C)CCCCCC. The number of hydrogen-bond acceptors (Lipinski definition) is 9. The van der Waals surface area contributed by atoms with Crippen LogP contribution < -0.4 is 0 Å². The third-order valence-corrected chi connectivity index (χ3v) is 10.5. The largest absolute Gasteiger partial charge is 0.461 e. The van der Waals surface area contributed by atoms with E-state index in [2.05, 4.69) is 27.7 Å². The Morgan fingerprint density at radius 3 is 0.796 bits per heavy atom. The van der Waals surface area contributed by atoms with Crippen LogP contribution in [-0.2, 0) is 38.1 Å². The zero-order valence-electron chi connectivity index (χ0n) is 33.1. The van der Waals surface area contributed by atoms with Gasteiger partial charge in [-0.3, -0.25) is 0 Å². The zero-order chi connectivity index (χ0) is 37.3. The Morgan fingerprint density at radius 2 is 0.612 bits per heavy atom. The van der Waals surface area contributed by atoms with Crippen LogP contribution in [0.15, 0.2) is 0 Å². The standard InChI is InChI=1S/C40H74O8S/c1-11-15-19-23-27-31(5)45-35(41)39(9,36(42)46-32(6)28-24-20-16-12-2)49-40(10,37(43)47-33(7)29-25-21-17-13-3)38(44)48-34(8)30-26-22-18-14-4/h31-34H,11-30H2,1-10H3. The van der Waals surface area contributed by atoms with E-state index in [1.165, 1.54) is 13.8 Å². The Morgan fingerprint density at radius 1 is 0.408 bits per heavy atom. The number of esters is 4. The van der Waals surface area contributed by atoms with E-state index in [4.69, 9.17) is 18.9 Å². The summed E-state index contributed by atoms with van der Waals surface area (Å²) in [5.74, 6) is -3.35. The molecule has 0 aliphatic heterocycles. The van der Waals surface area contributed by atoms with E-state index >= 15 is 0 Å². The summed E-state index contributed by atoms with van der Waals surface area (Å²) in [4.78, 5) is 56.0. The summed E-state index contributed by atoms with van der Waals surface area (Å²) in [5.41, 5.74) is 0. The van der Waals surface area contributed by atoms with Crippen LogP contribution in [-0.4, -0.2) is 57.8 Å². The molecule has 0 heterocycles. The number of rotatable bonds is 30. The van der Waals surface area contributed by atoms with Gasteiger partial charge in [0, 0.05) is 0 Å². The van der Waals surface area contributed by atoms with Gasteiger partial charge in [0.1, 0.15) is 0 Å². The average Bonchev–Trinajstić information content (AvgIpc) is 3.05. The molecule has 0 aliphatic rings. The highest BCUT2D eigenvalue weighted by molar-refractivity contribution is 8.04. The van der Waals surface area contributed by atoms with Gasteiger partial charge in [-0.05, 0) is 92.9 Å². The molecule has 49 heavy (non-hydrogen) atoms. The Hall–Kier alpha value is -1.77. The molecule has 0 spiro atoms. The van der Waals surface area contributed by atoms with Crippen LogP contribution in [0.4, 0.5) is 0 Å². The van der Waals surface area contributed by atoms with E-state index in [-0.39, 0.29) is 0 Å². The zero-order valence-corrected chi connectivity index (χ0v) is 33.9. The van der Waals surface area contributed by atoms with Crippen molar-refractivity contribution in [2.24, 2.45) is 0 Å². The molecule has 0 fully saturated rings. The van der Waals surface area contributed by atoms with Crippen LogP contribution in [0.25, 0.3) is 0 Å². The topological polar surface area (TPSA) is 105 Å². The molecule has 0 saturated heterocycles. The lowest BCUT2D eigenvalue weighted by molar-refractivity contribution is -0.164. The highest BCUT2D eigenvalue weighted by Gasteiger charge is 2.58. The lowest BCUT2D eigenvalue weighted by atomic mass is 10.1. The molecule has 288 valence electrons. The molecule has 0 amide bonds. The maximum atomic E-state index is 14.0. The van der Waals surface area contributed by atoms with E-state index in [0.29, 0.717) is 37.4 Å². The van der Waals surface area contributed by atoms with Gasteiger partial charge < -0.3 is 18.9 Å². The smallest absolute Gasteiger partial charge is 0.333 e. The van der Waals surface area contributed by atoms with E-state index in [1.807, 2.05) is 0 Å². The summed E-state index contributed by atoms with van der Waals surface area (Å²) in [6.45, 7) is 18.6. The normalized spacial score (nSPS) is 16.4. The molecule has 0 aliphatic carbocycles. The maximum absolute atomic E-state index is 14.0. The van der Waals surface area contributed by atoms with Crippen molar-refractivity contribution in [1.82, 2.24) is 0 Å². The van der Waals surface area contributed by atoms with Crippen LogP contribution in [0.5, 0.6) is 0 Å². The minimum atomic E-state index is -2.03.